The van der Waals surface area contributed by atoms with Crippen LogP contribution in [0.5, 0.6) is 5.75 Å². The molecule has 3 heterocycles. The van der Waals surface area contributed by atoms with Crippen molar-refractivity contribution in [1.29, 1.82) is 0 Å². The number of carbonyl (C=O) groups excluding carboxylic acids is 3. The van der Waals surface area contributed by atoms with E-state index in [2.05, 4.69) is 5.32 Å². The number of amides is 2. The molecule has 2 atom stereocenters. The van der Waals surface area contributed by atoms with E-state index in [1.165, 1.54) is 15.7 Å². The lowest BCUT2D eigenvalue weighted by Gasteiger charge is -2.44. The van der Waals surface area contributed by atoms with Gasteiger partial charge in [0, 0.05) is 30.4 Å². The number of phosphoric acid groups is 1. The fourth-order valence-corrected chi connectivity index (χ4v) is 7.03. The van der Waals surface area contributed by atoms with Gasteiger partial charge in [-0.25, -0.2) is 18.1 Å². The molecular weight excluding hydrogens is 759 g/mol. The Hall–Kier alpha value is -5.45. The van der Waals surface area contributed by atoms with E-state index in [4.69, 9.17) is 32.5 Å². The van der Waals surface area contributed by atoms with Crippen LogP contribution < -0.4 is 15.5 Å². The third kappa shape index (κ3) is 10.0. The Bertz CT molecular complexity index is 2090. The molecule has 6 rings (SSSR count). The van der Waals surface area contributed by atoms with Crippen LogP contribution in [0.1, 0.15) is 50.9 Å². The smallest absolute Gasteiger partial charge is 0.451 e. The molecule has 18 heteroatoms. The highest BCUT2D eigenvalue weighted by atomic mass is 31.2. The van der Waals surface area contributed by atoms with Crippen molar-refractivity contribution in [2.45, 2.75) is 51.9 Å². The molecule has 1 N–H and O–H groups in total. The molecule has 0 aliphatic carbocycles. The summed E-state index contributed by atoms with van der Waals surface area (Å²) in [6, 6.07) is 20.4. The van der Waals surface area contributed by atoms with Gasteiger partial charge in [0.25, 0.3) is 11.8 Å². The number of phosphoric ester groups is 1. The lowest BCUT2D eigenvalue weighted by Crippen LogP contribution is -2.57. The number of hydrogen-bond donors (Lipinski definition) is 1. The zero-order valence-corrected chi connectivity index (χ0v) is 31.0. The SMILES string of the molecule is C[C@@H]1CCO[C@H]2Cn3cc(C(=O)NCc4ccc(F)cc4F)c(=O)c(OCOC(=O)OCCOP(=O)(OCc4ccccc4)OCc4ccccc4)c3C(=O)N12. The Balaban J connectivity index is 1.09. The molecule has 2 aliphatic rings. The molecular formula is C38H38F2N3O12P. The van der Waals surface area contributed by atoms with Gasteiger partial charge < -0.3 is 33.7 Å². The van der Waals surface area contributed by atoms with Crippen molar-refractivity contribution < 1.29 is 60.2 Å². The number of rotatable bonds is 16. The number of pyridine rings is 1. The molecule has 0 radical (unpaired) electrons. The van der Waals surface area contributed by atoms with Crippen LogP contribution in [0.25, 0.3) is 0 Å². The predicted octanol–water partition coefficient (Wildman–Crippen LogP) is 5.70. The van der Waals surface area contributed by atoms with Crippen LogP contribution in [-0.4, -0.2) is 66.3 Å². The van der Waals surface area contributed by atoms with Crippen LogP contribution in [0.2, 0.25) is 0 Å². The second-order valence-electron chi connectivity index (χ2n) is 12.6. The van der Waals surface area contributed by atoms with Gasteiger partial charge in [-0.05, 0) is 30.5 Å². The van der Waals surface area contributed by atoms with E-state index in [0.29, 0.717) is 30.2 Å². The maximum atomic E-state index is 14.2. The molecule has 3 aromatic carbocycles. The summed E-state index contributed by atoms with van der Waals surface area (Å²) in [7, 11) is -4.15. The van der Waals surface area contributed by atoms with Crippen molar-refractivity contribution in [3.63, 3.8) is 0 Å². The number of carbonyl (C=O) groups is 3. The number of benzene rings is 3. The number of hydrogen-bond acceptors (Lipinski definition) is 12. The van der Waals surface area contributed by atoms with Gasteiger partial charge in [0.15, 0.2) is 11.9 Å². The molecule has 0 saturated carbocycles. The fourth-order valence-electron chi connectivity index (χ4n) is 5.89. The summed E-state index contributed by atoms with van der Waals surface area (Å²) in [6.07, 6.45) is -0.267. The third-order valence-corrected chi connectivity index (χ3v) is 10.1. The minimum absolute atomic E-state index is 0.0335. The normalized spacial score (nSPS) is 16.4. The topological polar surface area (TPSA) is 170 Å². The van der Waals surface area contributed by atoms with E-state index < -0.39 is 80.4 Å². The Morgan fingerprint density at radius 1 is 0.911 bits per heavy atom. The molecule has 2 amide bonds. The Morgan fingerprint density at radius 3 is 2.25 bits per heavy atom. The minimum Gasteiger partial charge on any atom is -0.451 e. The quantitative estimate of drug-likeness (QED) is 0.0637. The van der Waals surface area contributed by atoms with Crippen LogP contribution in [0.4, 0.5) is 13.6 Å². The van der Waals surface area contributed by atoms with E-state index in [-0.39, 0.29) is 43.6 Å². The highest BCUT2D eigenvalue weighted by molar-refractivity contribution is 7.48. The zero-order chi connectivity index (χ0) is 39.7. The maximum Gasteiger partial charge on any atom is 0.511 e. The van der Waals surface area contributed by atoms with Crippen LogP contribution in [0, 0.1) is 11.6 Å². The molecule has 1 saturated heterocycles. The van der Waals surface area contributed by atoms with Crippen molar-refractivity contribution in [2.24, 2.45) is 0 Å². The van der Waals surface area contributed by atoms with Crippen molar-refractivity contribution in [3.8, 4) is 5.75 Å². The molecule has 15 nitrogen and oxygen atoms in total. The summed E-state index contributed by atoms with van der Waals surface area (Å²) >= 11 is 0. The summed E-state index contributed by atoms with van der Waals surface area (Å²) in [5.41, 5.74) is -0.303. The number of halogens is 2. The average Bonchev–Trinajstić information content (AvgIpc) is 3.19. The van der Waals surface area contributed by atoms with E-state index in [1.807, 2.05) is 19.1 Å². The molecule has 56 heavy (non-hydrogen) atoms. The van der Waals surface area contributed by atoms with Gasteiger partial charge in [0.1, 0.15) is 23.8 Å². The van der Waals surface area contributed by atoms with Crippen LogP contribution >= 0.6 is 7.82 Å². The lowest BCUT2D eigenvalue weighted by atomic mass is 10.1. The van der Waals surface area contributed by atoms with Crippen LogP contribution in [0.15, 0.2) is 89.9 Å². The Kier molecular flexibility index (Phi) is 13.3. The van der Waals surface area contributed by atoms with Gasteiger partial charge >= 0.3 is 14.0 Å². The highest BCUT2D eigenvalue weighted by Gasteiger charge is 2.41. The van der Waals surface area contributed by atoms with Crippen molar-refractivity contribution in [3.05, 3.63) is 135 Å². The van der Waals surface area contributed by atoms with E-state index in [9.17, 15) is 32.5 Å². The summed E-state index contributed by atoms with van der Waals surface area (Å²) in [6.45, 7) is -0.113. The number of nitrogens with zero attached hydrogens (tertiary/aromatic N) is 2. The van der Waals surface area contributed by atoms with Gasteiger partial charge in [-0.1, -0.05) is 66.7 Å². The molecule has 2 aliphatic heterocycles. The molecule has 0 unspecified atom stereocenters. The maximum absolute atomic E-state index is 14.2. The van der Waals surface area contributed by atoms with Gasteiger partial charge in [0.2, 0.25) is 18.0 Å². The largest absolute Gasteiger partial charge is 0.511 e. The van der Waals surface area contributed by atoms with Gasteiger partial charge in [-0.15, -0.1) is 0 Å². The summed E-state index contributed by atoms with van der Waals surface area (Å²) in [5.74, 6) is -3.85. The molecule has 4 aromatic rings. The first kappa shape index (κ1) is 40.2. The van der Waals surface area contributed by atoms with Crippen LogP contribution in [-0.2, 0) is 58.7 Å². The van der Waals surface area contributed by atoms with Gasteiger partial charge in [-0.3, -0.25) is 28.0 Å². The number of fused-ring (bicyclic) bond motifs is 2. The molecule has 296 valence electrons. The van der Waals surface area contributed by atoms with Gasteiger partial charge in [0.05, 0.1) is 33.0 Å². The molecule has 1 aromatic heterocycles. The minimum atomic E-state index is -4.15. The van der Waals surface area contributed by atoms with Crippen LogP contribution in [0.3, 0.4) is 0 Å². The monoisotopic (exact) mass is 797 g/mol. The van der Waals surface area contributed by atoms with E-state index in [1.54, 1.807) is 48.5 Å². The lowest BCUT2D eigenvalue weighted by molar-refractivity contribution is -0.112. The Morgan fingerprint density at radius 2 is 1.59 bits per heavy atom. The number of ether oxygens (including phenoxy) is 4. The summed E-state index contributed by atoms with van der Waals surface area (Å²) < 4.78 is 80.2. The summed E-state index contributed by atoms with van der Waals surface area (Å²) in [4.78, 5) is 54.6. The second kappa shape index (κ2) is 18.5. The number of aromatic nitrogens is 1. The van der Waals surface area contributed by atoms with Gasteiger partial charge in [-0.2, -0.15) is 0 Å². The number of nitrogens with one attached hydrogen (secondary N) is 1. The first-order valence-corrected chi connectivity index (χ1v) is 18.9. The fraction of sp³-hybridized carbons (Fsp3) is 0.316. The zero-order valence-electron chi connectivity index (χ0n) is 30.1. The molecule has 0 bridgehead atoms. The standard InChI is InChI=1S/C38H38F2N3O12P/c1-25-14-15-49-32-21-42-20-30(36(45)41-19-28-12-13-29(39)18-31(28)40)34(44)35(33(42)37(46)43(25)32)51-24-52-38(47)50-16-17-53-56(48,54-22-26-8-4-2-5-9-26)55-23-27-10-6-3-7-11-27/h2-13,18,20,25,32H,14-17,19,21-24H2,1H3,(H,41,45)/t25-,32+/m1/s1. The van der Waals surface area contributed by atoms with Crippen molar-refractivity contribution in [2.75, 3.05) is 26.6 Å². The first-order chi connectivity index (χ1) is 27.0. The Labute approximate surface area is 319 Å². The third-order valence-electron chi connectivity index (χ3n) is 8.76. The first-order valence-electron chi connectivity index (χ1n) is 17.5. The summed E-state index contributed by atoms with van der Waals surface area (Å²) in [5, 5.41) is 2.42. The van der Waals surface area contributed by atoms with Crippen molar-refractivity contribution >= 4 is 25.8 Å². The van der Waals surface area contributed by atoms with E-state index in [0.717, 1.165) is 12.1 Å². The second-order valence-corrected chi connectivity index (χ2v) is 14.3. The average molecular weight is 798 g/mol. The highest BCUT2D eigenvalue weighted by Crippen LogP contribution is 2.50. The van der Waals surface area contributed by atoms with E-state index >= 15 is 0 Å². The molecule has 1 fully saturated rings. The van der Waals surface area contributed by atoms with Crippen molar-refractivity contribution in [1.82, 2.24) is 14.8 Å². The molecule has 0 spiro atoms. The predicted molar refractivity (Wildman–Crippen MR) is 192 cm³/mol.